The molecule has 0 amide bonds. The fourth-order valence-electron chi connectivity index (χ4n) is 1.65. The van der Waals surface area contributed by atoms with Gasteiger partial charge in [0, 0.05) is 24.2 Å². The average Bonchev–Trinajstić information content (AvgIpc) is 2.44. The van der Waals surface area contributed by atoms with Crippen LogP contribution >= 0.6 is 0 Å². The van der Waals surface area contributed by atoms with Crippen LogP contribution < -0.4 is 10.5 Å². The molecule has 0 saturated heterocycles. The molecule has 0 spiro atoms. The van der Waals surface area contributed by atoms with Crippen LogP contribution in [0.25, 0.3) is 0 Å². The molecule has 1 rings (SSSR count). The summed E-state index contributed by atoms with van der Waals surface area (Å²) in [6, 6.07) is 4.28. The number of nitrogens with two attached hydrogens (primary N) is 1. The van der Waals surface area contributed by atoms with Gasteiger partial charge in [-0.1, -0.05) is 13.8 Å². The summed E-state index contributed by atoms with van der Waals surface area (Å²) < 4.78 is 5.56. The largest absolute Gasteiger partial charge is 0.490 e. The summed E-state index contributed by atoms with van der Waals surface area (Å²) in [6.45, 7) is 4.05. The van der Waals surface area contributed by atoms with Crippen molar-refractivity contribution in [2.75, 3.05) is 6.61 Å². The predicted octanol–water partition coefficient (Wildman–Crippen LogP) is 1.98. The maximum Gasteiger partial charge on any atom is 0.270 e. The molecular formula is C13H20N2O4. The second-order valence-corrected chi connectivity index (χ2v) is 4.47. The molecule has 0 aromatic heterocycles. The van der Waals surface area contributed by atoms with Crippen molar-refractivity contribution in [3.8, 4) is 5.75 Å². The zero-order chi connectivity index (χ0) is 14.5. The fraction of sp³-hybridized carbons (Fsp3) is 0.538. The molecule has 0 saturated carbocycles. The number of ether oxygens (including phenoxy) is 1. The highest BCUT2D eigenvalue weighted by molar-refractivity contribution is 5.43. The molecule has 3 N–H and O–H groups in total. The van der Waals surface area contributed by atoms with Gasteiger partial charge in [-0.3, -0.25) is 10.1 Å². The molecule has 0 radical (unpaired) electrons. The van der Waals surface area contributed by atoms with Crippen LogP contribution in [-0.2, 0) is 6.54 Å². The summed E-state index contributed by atoms with van der Waals surface area (Å²) in [5.74, 6) is 0.480. The third-order valence-corrected chi connectivity index (χ3v) is 3.29. The van der Waals surface area contributed by atoms with Crippen molar-refractivity contribution in [1.82, 2.24) is 0 Å². The molecule has 0 aliphatic carbocycles. The Morgan fingerprint density at radius 3 is 2.53 bits per heavy atom. The molecule has 0 atom stereocenters. The second kappa shape index (κ2) is 6.49. The Hall–Kier alpha value is -1.66. The van der Waals surface area contributed by atoms with Crippen molar-refractivity contribution < 1.29 is 14.8 Å². The van der Waals surface area contributed by atoms with E-state index in [0.29, 0.717) is 24.2 Å². The quantitative estimate of drug-likeness (QED) is 0.582. The molecule has 0 fully saturated rings. The van der Waals surface area contributed by atoms with Crippen molar-refractivity contribution in [2.24, 2.45) is 5.73 Å². The second-order valence-electron chi connectivity index (χ2n) is 4.47. The Kier molecular flexibility index (Phi) is 5.26. The monoisotopic (exact) mass is 268 g/mol. The predicted molar refractivity (Wildman–Crippen MR) is 72.0 cm³/mol. The summed E-state index contributed by atoms with van der Waals surface area (Å²) in [4.78, 5) is 10.2. The number of benzene rings is 1. The van der Waals surface area contributed by atoms with Gasteiger partial charge in [-0.15, -0.1) is 0 Å². The van der Waals surface area contributed by atoms with Gasteiger partial charge in [-0.05, 0) is 18.9 Å². The van der Waals surface area contributed by atoms with E-state index in [1.807, 2.05) is 13.8 Å². The Bertz CT molecular complexity index is 444. The van der Waals surface area contributed by atoms with E-state index in [0.717, 1.165) is 0 Å². The van der Waals surface area contributed by atoms with E-state index in [2.05, 4.69) is 0 Å². The number of nitro groups is 1. The Morgan fingerprint density at radius 1 is 1.42 bits per heavy atom. The topological polar surface area (TPSA) is 98.6 Å². The van der Waals surface area contributed by atoms with Crippen molar-refractivity contribution in [3.05, 3.63) is 33.9 Å². The van der Waals surface area contributed by atoms with Crippen LogP contribution in [0.15, 0.2) is 18.2 Å². The van der Waals surface area contributed by atoms with Gasteiger partial charge in [-0.2, -0.15) is 0 Å². The van der Waals surface area contributed by atoms with E-state index in [1.54, 1.807) is 0 Å². The van der Waals surface area contributed by atoms with Crippen LogP contribution in [-0.4, -0.2) is 22.2 Å². The molecular weight excluding hydrogens is 248 g/mol. The fourth-order valence-corrected chi connectivity index (χ4v) is 1.65. The molecule has 0 aliphatic heterocycles. The zero-order valence-electron chi connectivity index (χ0n) is 11.3. The number of nitrogens with zero attached hydrogens (tertiary/aromatic N) is 1. The number of aliphatic hydroxyl groups is 1. The molecule has 6 nitrogen and oxygen atoms in total. The SMILES string of the molecule is CCC(O)(CC)COc1ccc([N+](=O)[O-])cc1CN. The van der Waals surface area contributed by atoms with Crippen molar-refractivity contribution in [1.29, 1.82) is 0 Å². The van der Waals surface area contributed by atoms with E-state index in [4.69, 9.17) is 10.5 Å². The lowest BCUT2D eigenvalue weighted by Crippen LogP contribution is -2.34. The first-order valence-electron chi connectivity index (χ1n) is 6.28. The van der Waals surface area contributed by atoms with Gasteiger partial charge in [0.05, 0.1) is 10.5 Å². The number of non-ortho nitro benzene ring substituents is 1. The standard InChI is InChI=1S/C13H20N2O4/c1-3-13(16,4-2)9-19-12-6-5-11(15(17)18)7-10(12)8-14/h5-7,16H,3-4,8-9,14H2,1-2H3. The van der Waals surface area contributed by atoms with E-state index in [-0.39, 0.29) is 18.8 Å². The van der Waals surface area contributed by atoms with Gasteiger partial charge in [0.2, 0.25) is 0 Å². The average molecular weight is 268 g/mol. The summed E-state index contributed by atoms with van der Waals surface area (Å²) >= 11 is 0. The summed E-state index contributed by atoms with van der Waals surface area (Å²) in [5.41, 5.74) is 5.22. The Balaban J connectivity index is 2.87. The van der Waals surface area contributed by atoms with Gasteiger partial charge in [-0.25, -0.2) is 0 Å². The van der Waals surface area contributed by atoms with E-state index < -0.39 is 10.5 Å². The van der Waals surface area contributed by atoms with Crippen LogP contribution in [0, 0.1) is 10.1 Å². The molecule has 1 aromatic carbocycles. The first kappa shape index (κ1) is 15.4. The smallest absolute Gasteiger partial charge is 0.270 e. The molecule has 0 unspecified atom stereocenters. The van der Waals surface area contributed by atoms with Crippen LogP contribution in [0.5, 0.6) is 5.75 Å². The lowest BCUT2D eigenvalue weighted by atomic mass is 9.99. The summed E-state index contributed by atoms with van der Waals surface area (Å²) in [6.07, 6.45) is 1.16. The van der Waals surface area contributed by atoms with Gasteiger partial charge in [0.15, 0.2) is 0 Å². The van der Waals surface area contributed by atoms with Crippen LogP contribution in [0.1, 0.15) is 32.3 Å². The Morgan fingerprint density at radius 2 is 2.05 bits per heavy atom. The van der Waals surface area contributed by atoms with E-state index in [9.17, 15) is 15.2 Å². The van der Waals surface area contributed by atoms with Crippen molar-refractivity contribution in [2.45, 2.75) is 38.8 Å². The third kappa shape index (κ3) is 3.90. The maximum absolute atomic E-state index is 10.7. The van der Waals surface area contributed by atoms with E-state index in [1.165, 1.54) is 18.2 Å². The number of hydrogen-bond acceptors (Lipinski definition) is 5. The minimum Gasteiger partial charge on any atom is -0.490 e. The first-order chi connectivity index (χ1) is 8.95. The third-order valence-electron chi connectivity index (χ3n) is 3.29. The number of nitro benzene ring substituents is 1. The summed E-state index contributed by atoms with van der Waals surface area (Å²) in [7, 11) is 0. The van der Waals surface area contributed by atoms with Gasteiger partial charge in [0.25, 0.3) is 5.69 Å². The van der Waals surface area contributed by atoms with Crippen LogP contribution in [0.4, 0.5) is 5.69 Å². The molecule has 0 aliphatic rings. The summed E-state index contributed by atoms with van der Waals surface area (Å²) in [5, 5.41) is 20.8. The van der Waals surface area contributed by atoms with Gasteiger partial charge in [0.1, 0.15) is 12.4 Å². The minimum atomic E-state index is -0.881. The normalized spacial score (nSPS) is 11.4. The molecule has 0 bridgehead atoms. The van der Waals surface area contributed by atoms with Crippen LogP contribution in [0.2, 0.25) is 0 Å². The molecule has 106 valence electrons. The molecule has 1 aromatic rings. The zero-order valence-corrected chi connectivity index (χ0v) is 11.3. The molecule has 6 heteroatoms. The van der Waals surface area contributed by atoms with E-state index >= 15 is 0 Å². The van der Waals surface area contributed by atoms with Crippen molar-refractivity contribution in [3.63, 3.8) is 0 Å². The highest BCUT2D eigenvalue weighted by Crippen LogP contribution is 2.25. The molecule has 0 heterocycles. The lowest BCUT2D eigenvalue weighted by molar-refractivity contribution is -0.384. The lowest BCUT2D eigenvalue weighted by Gasteiger charge is -2.25. The number of hydrogen-bond donors (Lipinski definition) is 2. The molecule has 19 heavy (non-hydrogen) atoms. The van der Waals surface area contributed by atoms with Gasteiger partial charge < -0.3 is 15.6 Å². The van der Waals surface area contributed by atoms with Crippen molar-refractivity contribution >= 4 is 5.69 Å². The number of rotatable bonds is 7. The first-order valence-corrected chi connectivity index (χ1v) is 6.28. The Labute approximate surface area is 112 Å². The van der Waals surface area contributed by atoms with Crippen LogP contribution in [0.3, 0.4) is 0 Å². The highest BCUT2D eigenvalue weighted by atomic mass is 16.6. The minimum absolute atomic E-state index is 0.0194. The highest BCUT2D eigenvalue weighted by Gasteiger charge is 2.23. The maximum atomic E-state index is 10.7. The van der Waals surface area contributed by atoms with Gasteiger partial charge >= 0.3 is 0 Å².